The van der Waals surface area contributed by atoms with Gasteiger partial charge in [0.25, 0.3) is 11.5 Å². The van der Waals surface area contributed by atoms with Crippen molar-refractivity contribution < 1.29 is 9.53 Å². The molecule has 0 bridgehead atoms. The molecule has 0 aliphatic carbocycles. The lowest BCUT2D eigenvalue weighted by Crippen LogP contribution is -2.45. The molecule has 0 spiro atoms. The Balaban J connectivity index is 1.64. The lowest BCUT2D eigenvalue weighted by Gasteiger charge is -2.35. The fourth-order valence-electron chi connectivity index (χ4n) is 3.28. The molecule has 26 heavy (non-hydrogen) atoms. The first-order valence-electron chi connectivity index (χ1n) is 8.80. The summed E-state index contributed by atoms with van der Waals surface area (Å²) in [5.41, 5.74) is 2.11. The van der Waals surface area contributed by atoms with E-state index in [1.807, 2.05) is 18.2 Å². The van der Waals surface area contributed by atoms with Gasteiger partial charge in [0.1, 0.15) is 5.69 Å². The SMILES string of the molecule is C[C@@H]1CN(Cc2ccccc2CNC(=O)c2ccc(=O)[nH]n2)C[C@@H](C)O1. The molecule has 2 aromatic rings. The first-order chi connectivity index (χ1) is 12.5. The van der Waals surface area contributed by atoms with Crippen LogP contribution in [0, 0.1) is 0 Å². The zero-order valence-corrected chi connectivity index (χ0v) is 15.1. The Morgan fingerprint density at radius 3 is 2.54 bits per heavy atom. The molecule has 2 N–H and O–H groups in total. The third-order valence-corrected chi connectivity index (χ3v) is 4.36. The number of nitrogens with one attached hydrogen (secondary N) is 2. The first-order valence-corrected chi connectivity index (χ1v) is 8.80. The molecule has 1 aromatic heterocycles. The number of ether oxygens (including phenoxy) is 1. The lowest BCUT2D eigenvalue weighted by atomic mass is 10.1. The second kappa shape index (κ2) is 8.25. The Kier molecular flexibility index (Phi) is 5.80. The highest BCUT2D eigenvalue weighted by atomic mass is 16.5. The van der Waals surface area contributed by atoms with Crippen molar-refractivity contribution in [1.29, 1.82) is 0 Å². The maximum atomic E-state index is 12.2. The average Bonchev–Trinajstić information content (AvgIpc) is 2.60. The van der Waals surface area contributed by atoms with E-state index in [1.165, 1.54) is 17.7 Å². The summed E-state index contributed by atoms with van der Waals surface area (Å²) in [5.74, 6) is -0.315. The van der Waals surface area contributed by atoms with Gasteiger partial charge in [0.2, 0.25) is 0 Å². The lowest BCUT2D eigenvalue weighted by molar-refractivity contribution is -0.0705. The highest BCUT2D eigenvalue weighted by molar-refractivity contribution is 5.91. The molecule has 2 atom stereocenters. The number of H-pyrrole nitrogens is 1. The number of nitrogens with zero attached hydrogens (tertiary/aromatic N) is 2. The van der Waals surface area contributed by atoms with Gasteiger partial charge in [0, 0.05) is 32.2 Å². The highest BCUT2D eigenvalue weighted by Gasteiger charge is 2.22. The number of rotatable bonds is 5. The topological polar surface area (TPSA) is 87.3 Å². The van der Waals surface area contributed by atoms with Crippen molar-refractivity contribution in [3.8, 4) is 0 Å². The molecular weight excluding hydrogens is 332 g/mol. The highest BCUT2D eigenvalue weighted by Crippen LogP contribution is 2.17. The van der Waals surface area contributed by atoms with Crippen LogP contribution in [0.5, 0.6) is 0 Å². The van der Waals surface area contributed by atoms with E-state index < -0.39 is 0 Å². The zero-order chi connectivity index (χ0) is 18.5. The van der Waals surface area contributed by atoms with Crippen molar-refractivity contribution in [2.24, 2.45) is 0 Å². The van der Waals surface area contributed by atoms with Crippen molar-refractivity contribution >= 4 is 5.91 Å². The molecule has 1 aromatic carbocycles. The number of carbonyl (C=O) groups excluding carboxylic acids is 1. The largest absolute Gasteiger partial charge is 0.373 e. The number of hydrogen-bond donors (Lipinski definition) is 2. The van der Waals surface area contributed by atoms with Gasteiger partial charge in [-0.05, 0) is 31.0 Å². The Hall–Kier alpha value is -2.51. The molecule has 0 radical (unpaired) electrons. The first kappa shape index (κ1) is 18.3. The van der Waals surface area contributed by atoms with E-state index in [9.17, 15) is 9.59 Å². The van der Waals surface area contributed by atoms with E-state index in [1.54, 1.807) is 0 Å². The summed E-state index contributed by atoms with van der Waals surface area (Å²) in [6, 6.07) is 10.8. The van der Waals surface area contributed by atoms with E-state index in [2.05, 4.69) is 40.3 Å². The van der Waals surface area contributed by atoms with Crippen molar-refractivity contribution in [2.45, 2.75) is 39.1 Å². The van der Waals surface area contributed by atoms with E-state index in [4.69, 9.17) is 4.74 Å². The molecule has 0 saturated carbocycles. The van der Waals surface area contributed by atoms with Crippen LogP contribution in [0.15, 0.2) is 41.2 Å². The maximum Gasteiger partial charge on any atom is 0.271 e. The average molecular weight is 356 g/mol. The summed E-state index contributed by atoms with van der Waals surface area (Å²) < 4.78 is 5.79. The molecule has 7 heteroatoms. The Morgan fingerprint density at radius 1 is 1.19 bits per heavy atom. The molecule has 1 aliphatic heterocycles. The van der Waals surface area contributed by atoms with Gasteiger partial charge >= 0.3 is 0 Å². The van der Waals surface area contributed by atoms with Gasteiger partial charge in [-0.15, -0.1) is 0 Å². The summed E-state index contributed by atoms with van der Waals surface area (Å²) in [6.45, 7) is 7.20. The monoisotopic (exact) mass is 356 g/mol. The number of benzene rings is 1. The van der Waals surface area contributed by atoms with Gasteiger partial charge in [-0.25, -0.2) is 5.10 Å². The van der Waals surface area contributed by atoms with Crippen LogP contribution < -0.4 is 10.9 Å². The number of aromatic nitrogens is 2. The third kappa shape index (κ3) is 4.77. The van der Waals surface area contributed by atoms with Gasteiger partial charge < -0.3 is 10.1 Å². The summed E-state index contributed by atoms with van der Waals surface area (Å²) >= 11 is 0. The van der Waals surface area contributed by atoms with E-state index in [0.717, 1.165) is 25.2 Å². The molecule has 0 unspecified atom stereocenters. The normalized spacial score (nSPS) is 20.7. The van der Waals surface area contributed by atoms with E-state index >= 15 is 0 Å². The van der Waals surface area contributed by atoms with Crippen LogP contribution in [-0.4, -0.2) is 46.3 Å². The van der Waals surface area contributed by atoms with Crippen LogP contribution in [0.4, 0.5) is 0 Å². The Bertz CT molecular complexity index is 790. The number of amides is 1. The minimum absolute atomic E-state index is 0.193. The summed E-state index contributed by atoms with van der Waals surface area (Å²) in [4.78, 5) is 25.6. The standard InChI is InChI=1S/C19H24N4O3/c1-13-10-23(11-14(2)26-13)12-16-6-4-3-5-15(16)9-20-19(25)17-7-8-18(24)22-21-17/h3-8,13-14H,9-12H2,1-2H3,(H,20,25)(H,22,24)/t13-,14-/m1/s1. The molecule has 1 amide bonds. The number of hydrogen-bond acceptors (Lipinski definition) is 5. The van der Waals surface area contributed by atoms with Crippen LogP contribution in [0.1, 0.15) is 35.5 Å². The Labute approximate surface area is 152 Å². The second-order valence-corrected chi connectivity index (χ2v) is 6.71. The molecule has 7 nitrogen and oxygen atoms in total. The zero-order valence-electron chi connectivity index (χ0n) is 15.1. The summed E-state index contributed by atoms with van der Waals surface area (Å²) in [6.07, 6.45) is 0.439. The second-order valence-electron chi connectivity index (χ2n) is 6.71. The minimum atomic E-state index is -0.333. The minimum Gasteiger partial charge on any atom is -0.373 e. The molecule has 1 aliphatic rings. The molecule has 2 heterocycles. The fraction of sp³-hybridized carbons (Fsp3) is 0.421. The van der Waals surface area contributed by atoms with Gasteiger partial charge in [-0.3, -0.25) is 14.5 Å². The smallest absolute Gasteiger partial charge is 0.271 e. The van der Waals surface area contributed by atoms with Crippen LogP contribution in [0.25, 0.3) is 0 Å². The summed E-state index contributed by atoms with van der Waals surface area (Å²) in [7, 11) is 0. The van der Waals surface area contributed by atoms with Gasteiger partial charge in [0.15, 0.2) is 0 Å². The third-order valence-electron chi connectivity index (χ3n) is 4.36. The fourth-order valence-corrected chi connectivity index (χ4v) is 3.28. The van der Waals surface area contributed by atoms with Crippen molar-refractivity contribution in [2.75, 3.05) is 13.1 Å². The molecule has 1 fully saturated rings. The number of morpholine rings is 1. The van der Waals surface area contributed by atoms with Crippen molar-refractivity contribution in [1.82, 2.24) is 20.4 Å². The Morgan fingerprint density at radius 2 is 1.88 bits per heavy atom. The van der Waals surface area contributed by atoms with Gasteiger partial charge in [-0.2, -0.15) is 5.10 Å². The maximum absolute atomic E-state index is 12.2. The number of aromatic amines is 1. The molecule has 1 saturated heterocycles. The van der Waals surface area contributed by atoms with Crippen molar-refractivity contribution in [3.05, 3.63) is 63.6 Å². The van der Waals surface area contributed by atoms with Gasteiger partial charge in [-0.1, -0.05) is 24.3 Å². The predicted octanol–water partition coefficient (Wildman–Crippen LogP) is 1.31. The van der Waals surface area contributed by atoms with E-state index in [-0.39, 0.29) is 29.4 Å². The quantitative estimate of drug-likeness (QED) is 0.843. The van der Waals surface area contributed by atoms with E-state index in [0.29, 0.717) is 6.54 Å². The van der Waals surface area contributed by atoms with Gasteiger partial charge in [0.05, 0.1) is 12.2 Å². The van der Waals surface area contributed by atoms with Crippen LogP contribution in [0.3, 0.4) is 0 Å². The molecular formula is C19H24N4O3. The van der Waals surface area contributed by atoms with Crippen molar-refractivity contribution in [3.63, 3.8) is 0 Å². The molecule has 138 valence electrons. The van der Waals surface area contributed by atoms with Crippen LogP contribution in [0.2, 0.25) is 0 Å². The number of carbonyl (C=O) groups is 1. The summed E-state index contributed by atoms with van der Waals surface area (Å²) in [5, 5.41) is 8.88. The van der Waals surface area contributed by atoms with Crippen LogP contribution in [-0.2, 0) is 17.8 Å². The molecule has 3 rings (SSSR count). The van der Waals surface area contributed by atoms with Crippen LogP contribution >= 0.6 is 0 Å². The predicted molar refractivity (Wildman–Crippen MR) is 97.8 cm³/mol.